The fraction of sp³-hybridized carbons (Fsp3) is 0.790. The number of Topliss-reactive ketones (excluding diaryl/α,β-unsaturated/α-hetero) is 3. The molecule has 79 heavy (non-hydrogen) atoms. The third-order valence-electron chi connectivity index (χ3n) is 17.7. The SMILES string of the molecule is COCCO[C@H]1C[C@@H]2CC[C@@H](C)[C@@](O)(O2)C(=O)C(=O)N2CCCC[C@H]2C(=O)O[C@H](C(C)C[C@@H]2CC[C@@H](OCCCO[Si](C)(C)C(C)(C)C)[C@H](OC)C2)CC(=O)[C@H](C)/C=C(\C)[C@@H](O)[C@@H](OC)C(=O)[C@H](C)C[C@H](C)/C=C/C=CC=C1C. The van der Waals surface area contributed by atoms with Crippen molar-refractivity contribution in [2.45, 2.75) is 225 Å². The molecule has 17 heteroatoms. The zero-order valence-electron chi connectivity index (χ0n) is 50.9. The predicted octanol–water partition coefficient (Wildman–Crippen LogP) is 9.63. The summed E-state index contributed by atoms with van der Waals surface area (Å²) in [6.07, 6.45) is 13.0. The number of methoxy groups -OCH3 is 3. The summed E-state index contributed by atoms with van der Waals surface area (Å²) < 4.78 is 48.7. The molecule has 1 unspecified atom stereocenters. The van der Waals surface area contributed by atoms with Crippen molar-refractivity contribution < 1.29 is 71.8 Å². The molecule has 0 aromatic carbocycles. The minimum Gasteiger partial charge on any atom is -0.460 e. The van der Waals surface area contributed by atoms with E-state index in [4.69, 9.17) is 37.6 Å². The molecule has 450 valence electrons. The molecule has 1 aliphatic carbocycles. The summed E-state index contributed by atoms with van der Waals surface area (Å²) in [5.41, 5.74) is 1.26. The largest absolute Gasteiger partial charge is 0.460 e. The van der Waals surface area contributed by atoms with E-state index in [9.17, 15) is 34.2 Å². The predicted molar refractivity (Wildman–Crippen MR) is 307 cm³/mol. The van der Waals surface area contributed by atoms with Gasteiger partial charge in [0.05, 0.1) is 37.6 Å². The molecule has 1 amide bonds. The lowest BCUT2D eigenvalue weighted by Gasteiger charge is -2.43. The molecule has 4 rings (SSSR count). The van der Waals surface area contributed by atoms with Crippen LogP contribution in [0.4, 0.5) is 0 Å². The van der Waals surface area contributed by atoms with Crippen LogP contribution in [0.5, 0.6) is 0 Å². The Morgan fingerprint density at radius 1 is 0.823 bits per heavy atom. The van der Waals surface area contributed by atoms with Gasteiger partial charge in [0.25, 0.3) is 11.7 Å². The number of allylic oxidation sites excluding steroid dienone is 6. The molecule has 2 N–H and O–H groups in total. The van der Waals surface area contributed by atoms with Crippen LogP contribution in [-0.4, -0.2) is 162 Å². The lowest BCUT2D eigenvalue weighted by molar-refractivity contribution is -0.266. The van der Waals surface area contributed by atoms with Crippen LogP contribution >= 0.6 is 0 Å². The maximum absolute atomic E-state index is 14.7. The van der Waals surface area contributed by atoms with Crippen molar-refractivity contribution in [3.63, 3.8) is 0 Å². The van der Waals surface area contributed by atoms with Crippen LogP contribution in [0, 0.1) is 35.5 Å². The van der Waals surface area contributed by atoms with Crippen LogP contribution in [0.3, 0.4) is 0 Å². The number of fused-ring (bicyclic) bond motifs is 3. The topological polar surface area (TPSA) is 203 Å². The van der Waals surface area contributed by atoms with E-state index in [1.54, 1.807) is 41.1 Å². The highest BCUT2D eigenvalue weighted by Crippen LogP contribution is 2.39. The van der Waals surface area contributed by atoms with Gasteiger partial charge in [-0.3, -0.25) is 19.2 Å². The fourth-order valence-electron chi connectivity index (χ4n) is 11.3. The van der Waals surface area contributed by atoms with Gasteiger partial charge >= 0.3 is 5.97 Å². The van der Waals surface area contributed by atoms with Crippen molar-refractivity contribution in [3.8, 4) is 0 Å². The summed E-state index contributed by atoms with van der Waals surface area (Å²) in [4.78, 5) is 73.2. The number of carbonyl (C=O) groups excluding carboxylic acids is 5. The molecule has 4 aliphatic rings. The average Bonchev–Trinajstić information content (AvgIpc) is 3.41. The number of hydrogen-bond acceptors (Lipinski definition) is 15. The number of esters is 1. The second kappa shape index (κ2) is 32.0. The Balaban J connectivity index is 1.65. The highest BCUT2D eigenvalue weighted by Gasteiger charge is 2.53. The molecular weight excluding hydrogens is 1030 g/mol. The molecule has 0 spiro atoms. The summed E-state index contributed by atoms with van der Waals surface area (Å²) in [6, 6.07) is -1.15. The summed E-state index contributed by atoms with van der Waals surface area (Å²) in [7, 11) is 2.80. The first-order valence-corrected chi connectivity index (χ1v) is 32.4. The third kappa shape index (κ3) is 19.7. The van der Waals surface area contributed by atoms with E-state index in [1.165, 1.54) is 12.0 Å². The molecule has 3 heterocycles. The second-order valence-electron chi connectivity index (χ2n) is 25.0. The number of carbonyl (C=O) groups is 5. The van der Waals surface area contributed by atoms with Crippen molar-refractivity contribution in [2.24, 2.45) is 35.5 Å². The second-order valence-corrected chi connectivity index (χ2v) is 29.8. The highest BCUT2D eigenvalue weighted by atomic mass is 28.4. The van der Waals surface area contributed by atoms with Crippen LogP contribution < -0.4 is 0 Å². The van der Waals surface area contributed by atoms with E-state index in [0.29, 0.717) is 70.3 Å². The summed E-state index contributed by atoms with van der Waals surface area (Å²) in [6.45, 7) is 25.9. The first-order chi connectivity index (χ1) is 37.2. The average molecular weight is 1130 g/mol. The van der Waals surface area contributed by atoms with Crippen LogP contribution in [0.1, 0.15) is 153 Å². The molecule has 3 fully saturated rings. The van der Waals surface area contributed by atoms with E-state index in [1.807, 2.05) is 58.1 Å². The number of amides is 1. The van der Waals surface area contributed by atoms with Gasteiger partial charge in [0.1, 0.15) is 30.1 Å². The number of aliphatic hydroxyl groups is 2. The molecular formula is C62H103NO15Si. The lowest BCUT2D eigenvalue weighted by atomic mass is 9.78. The minimum absolute atomic E-state index is 0.00178. The summed E-state index contributed by atoms with van der Waals surface area (Å²) >= 11 is 0. The molecule has 2 bridgehead atoms. The quantitative estimate of drug-likeness (QED) is 0.0515. The Morgan fingerprint density at radius 2 is 1.54 bits per heavy atom. The van der Waals surface area contributed by atoms with Gasteiger partial charge in [-0.25, -0.2) is 4.79 Å². The molecule has 15 atom stereocenters. The van der Waals surface area contributed by atoms with Crippen molar-refractivity contribution in [2.75, 3.05) is 54.3 Å². The van der Waals surface area contributed by atoms with Crippen LogP contribution in [-0.2, 0) is 61.6 Å². The Labute approximate surface area is 475 Å². The lowest BCUT2D eigenvalue weighted by Crippen LogP contribution is -2.61. The number of ether oxygens (including phenoxy) is 7. The van der Waals surface area contributed by atoms with Gasteiger partial charge in [-0.05, 0) is 132 Å². The smallest absolute Gasteiger partial charge is 0.329 e. The van der Waals surface area contributed by atoms with Crippen molar-refractivity contribution in [1.29, 1.82) is 0 Å². The molecule has 1 saturated carbocycles. The Morgan fingerprint density at radius 3 is 2.22 bits per heavy atom. The molecule has 0 radical (unpaired) electrons. The van der Waals surface area contributed by atoms with Gasteiger partial charge < -0.3 is 52.7 Å². The van der Waals surface area contributed by atoms with Gasteiger partial charge in [0, 0.05) is 71.7 Å². The standard InChI is InChI=1S/C62H103NO15Si/c1-40-22-17-16-18-23-41(2)52(75-33-32-71-11)38-48-27-25-46(7)62(70,78-48)58(67)59(68)63-29-20-19-24-49(63)60(69)77-53(39-50(64)42(3)35-45(6)56(66)57(73-13)55(65)44(5)34-40)43(4)36-47-26-28-51(54(37-47)72-12)74-30-21-31-76-79(14,15)61(8,9)10/h16-18,22-23,35,40,42-44,46-49,51-54,56-57,66,70H,19-21,24-34,36-39H2,1-15H3/b18-16?,22-17+,41-23?,45-35+/t40-,42-,43?,44-,46-,47+,48+,49+,51-,52+,53+,54-,56-,57+,62-/m1/s1. The van der Waals surface area contributed by atoms with Crippen LogP contribution in [0.25, 0.3) is 0 Å². The van der Waals surface area contributed by atoms with Crippen molar-refractivity contribution in [3.05, 3.63) is 47.6 Å². The fourth-order valence-corrected chi connectivity index (χ4v) is 12.4. The third-order valence-corrected chi connectivity index (χ3v) is 22.2. The van der Waals surface area contributed by atoms with Crippen LogP contribution in [0.2, 0.25) is 18.1 Å². The van der Waals surface area contributed by atoms with Crippen molar-refractivity contribution in [1.82, 2.24) is 4.90 Å². The number of rotatable bonds is 15. The van der Waals surface area contributed by atoms with E-state index in [2.05, 4.69) is 33.9 Å². The first-order valence-electron chi connectivity index (χ1n) is 29.5. The molecule has 16 nitrogen and oxygen atoms in total. The highest BCUT2D eigenvalue weighted by molar-refractivity contribution is 6.74. The Kier molecular flexibility index (Phi) is 27.6. The van der Waals surface area contributed by atoms with Crippen LogP contribution in [0.15, 0.2) is 47.6 Å². The molecule has 2 saturated heterocycles. The zero-order valence-corrected chi connectivity index (χ0v) is 51.9. The number of aliphatic hydroxyl groups excluding tert-OH is 1. The van der Waals surface area contributed by atoms with E-state index < -0.39 is 86.1 Å². The van der Waals surface area contributed by atoms with Crippen molar-refractivity contribution >= 4 is 37.5 Å². The molecule has 3 aliphatic heterocycles. The van der Waals surface area contributed by atoms with Gasteiger partial charge in [0.2, 0.25) is 5.79 Å². The Hall–Kier alpha value is -3.23. The van der Waals surface area contributed by atoms with Gasteiger partial charge in [-0.1, -0.05) is 91.8 Å². The molecule has 0 aromatic heterocycles. The van der Waals surface area contributed by atoms with Gasteiger partial charge in [0.15, 0.2) is 14.1 Å². The monoisotopic (exact) mass is 1130 g/mol. The summed E-state index contributed by atoms with van der Waals surface area (Å²) in [5, 5.41) is 23.9. The first kappa shape index (κ1) is 68.3. The van der Waals surface area contributed by atoms with Gasteiger partial charge in [-0.2, -0.15) is 0 Å². The van der Waals surface area contributed by atoms with E-state index >= 15 is 0 Å². The van der Waals surface area contributed by atoms with Gasteiger partial charge in [-0.15, -0.1) is 0 Å². The Bertz CT molecular complexity index is 2100. The maximum atomic E-state index is 14.7. The molecule has 0 aromatic rings. The normalized spacial score (nSPS) is 34.8. The number of cyclic esters (lactones) is 1. The number of nitrogens with zero attached hydrogens (tertiary/aromatic N) is 1. The maximum Gasteiger partial charge on any atom is 0.329 e. The van der Waals surface area contributed by atoms with E-state index in [-0.39, 0.29) is 79.0 Å². The van der Waals surface area contributed by atoms with E-state index in [0.717, 1.165) is 24.8 Å². The zero-order chi connectivity index (χ0) is 58.8. The number of hydrogen-bond donors (Lipinski definition) is 2. The minimum atomic E-state index is -2.46. The number of piperidine rings is 1. The summed E-state index contributed by atoms with van der Waals surface area (Å²) in [5.74, 6) is -7.98. The number of ketones is 3.